The molecule has 1 unspecified atom stereocenters. The molecule has 150 valence electrons. The lowest BCUT2D eigenvalue weighted by Crippen LogP contribution is -2.29. The van der Waals surface area contributed by atoms with E-state index in [9.17, 15) is 29.2 Å². The van der Waals surface area contributed by atoms with E-state index in [1.165, 1.54) is 42.6 Å². The minimum atomic E-state index is -1.14. The Labute approximate surface area is 172 Å². The lowest BCUT2D eigenvalue weighted by Gasteiger charge is -2.22. The number of rotatable bonds is 4. The summed E-state index contributed by atoms with van der Waals surface area (Å²) in [5, 5.41) is 23.9. The number of thiazole rings is 1. The molecule has 3 aromatic rings. The van der Waals surface area contributed by atoms with Crippen molar-refractivity contribution in [3.63, 3.8) is 0 Å². The van der Waals surface area contributed by atoms with Crippen LogP contribution in [0.4, 0.5) is 15.2 Å². The van der Waals surface area contributed by atoms with Crippen molar-refractivity contribution in [2.75, 3.05) is 4.90 Å². The Kier molecular flexibility index (Phi) is 4.84. The van der Waals surface area contributed by atoms with Crippen molar-refractivity contribution in [2.45, 2.75) is 6.04 Å². The summed E-state index contributed by atoms with van der Waals surface area (Å²) in [5.74, 6) is -2.94. The Morgan fingerprint density at radius 3 is 2.57 bits per heavy atom. The van der Waals surface area contributed by atoms with E-state index in [0.29, 0.717) is 0 Å². The molecule has 8 nitrogen and oxygen atoms in total. The van der Waals surface area contributed by atoms with Gasteiger partial charge in [-0.1, -0.05) is 12.1 Å². The molecule has 0 bridgehead atoms. The molecule has 0 radical (unpaired) electrons. The maximum Gasteiger partial charge on any atom is 0.301 e. The van der Waals surface area contributed by atoms with Crippen molar-refractivity contribution in [3.05, 3.63) is 92.7 Å². The molecule has 1 atom stereocenters. The molecule has 4 rings (SSSR count). The molecule has 1 aliphatic rings. The molecule has 1 aromatic heterocycles. The standard InChI is InChI=1S/C20H12FN3O5S/c21-13-6-4-11(5-7-13)17(25)15-16(12-2-1-3-14(10-12)24(28)29)23(19(27)18(15)26)20-22-8-9-30-20/h1-10,16,25H/b17-15-. The Balaban J connectivity index is 1.95. The summed E-state index contributed by atoms with van der Waals surface area (Å²) in [5.41, 5.74) is -0.118. The highest BCUT2D eigenvalue weighted by molar-refractivity contribution is 7.14. The van der Waals surface area contributed by atoms with Crippen LogP contribution in [0.5, 0.6) is 0 Å². The summed E-state index contributed by atoms with van der Waals surface area (Å²) in [6, 6.07) is 9.06. The second kappa shape index (κ2) is 7.48. The van der Waals surface area contributed by atoms with Gasteiger partial charge in [-0.05, 0) is 29.8 Å². The molecule has 10 heteroatoms. The summed E-state index contributed by atoms with van der Waals surface area (Å²) in [4.78, 5) is 41.5. The topological polar surface area (TPSA) is 114 Å². The SMILES string of the molecule is O=C1C(=O)N(c2nccs2)C(c2cccc([N+](=O)[O-])c2)/C1=C(/O)c1ccc(F)cc1. The van der Waals surface area contributed by atoms with Crippen molar-refractivity contribution < 1.29 is 24.0 Å². The van der Waals surface area contributed by atoms with Crippen molar-refractivity contribution in [2.24, 2.45) is 0 Å². The van der Waals surface area contributed by atoms with Crippen molar-refractivity contribution >= 4 is 39.6 Å². The quantitative estimate of drug-likeness (QED) is 0.224. The van der Waals surface area contributed by atoms with Crippen LogP contribution >= 0.6 is 11.3 Å². The summed E-state index contributed by atoms with van der Waals surface area (Å²) >= 11 is 1.10. The lowest BCUT2D eigenvalue weighted by atomic mass is 9.95. The van der Waals surface area contributed by atoms with Gasteiger partial charge in [-0.15, -0.1) is 11.3 Å². The first-order valence-electron chi connectivity index (χ1n) is 8.59. The number of non-ortho nitro benzene ring substituents is 1. The van der Waals surface area contributed by atoms with Crippen LogP contribution in [-0.4, -0.2) is 26.7 Å². The molecule has 30 heavy (non-hydrogen) atoms. The van der Waals surface area contributed by atoms with Crippen LogP contribution in [0, 0.1) is 15.9 Å². The zero-order valence-corrected chi connectivity index (χ0v) is 15.9. The van der Waals surface area contributed by atoms with Crippen LogP contribution in [-0.2, 0) is 9.59 Å². The average molecular weight is 425 g/mol. The number of anilines is 1. The van der Waals surface area contributed by atoms with Gasteiger partial charge in [0.15, 0.2) is 5.13 Å². The third-order valence-electron chi connectivity index (χ3n) is 4.58. The molecule has 2 heterocycles. The third kappa shape index (κ3) is 3.22. The summed E-state index contributed by atoms with van der Waals surface area (Å²) in [6.07, 6.45) is 1.45. The van der Waals surface area contributed by atoms with Crippen molar-refractivity contribution in [3.8, 4) is 0 Å². The average Bonchev–Trinajstić information content (AvgIpc) is 3.35. The van der Waals surface area contributed by atoms with E-state index in [0.717, 1.165) is 28.4 Å². The number of carbonyl (C=O) groups excluding carboxylic acids is 2. The Morgan fingerprint density at radius 2 is 1.93 bits per heavy atom. The highest BCUT2D eigenvalue weighted by Gasteiger charge is 2.48. The number of hydrogen-bond acceptors (Lipinski definition) is 7. The van der Waals surface area contributed by atoms with Gasteiger partial charge in [0.2, 0.25) is 0 Å². The predicted octanol–water partition coefficient (Wildman–Crippen LogP) is 3.82. The van der Waals surface area contributed by atoms with Crippen molar-refractivity contribution in [1.82, 2.24) is 4.98 Å². The van der Waals surface area contributed by atoms with E-state index < -0.39 is 34.2 Å². The van der Waals surface area contributed by atoms with Crippen LogP contribution in [0.2, 0.25) is 0 Å². The number of nitro benzene ring substituents is 1. The molecular formula is C20H12FN3O5S. The molecule has 1 N–H and O–H groups in total. The number of aliphatic hydroxyl groups is 1. The summed E-state index contributed by atoms with van der Waals surface area (Å²) < 4.78 is 13.3. The number of nitro groups is 1. The first-order chi connectivity index (χ1) is 14.4. The number of halogens is 1. The van der Waals surface area contributed by atoms with Gasteiger partial charge in [0.05, 0.1) is 16.5 Å². The second-order valence-electron chi connectivity index (χ2n) is 6.34. The van der Waals surface area contributed by atoms with Crippen LogP contribution in [0.15, 0.2) is 65.7 Å². The number of nitrogens with zero attached hydrogens (tertiary/aromatic N) is 3. The van der Waals surface area contributed by atoms with Gasteiger partial charge in [-0.25, -0.2) is 9.37 Å². The summed E-state index contributed by atoms with van der Waals surface area (Å²) in [7, 11) is 0. The monoisotopic (exact) mass is 425 g/mol. The lowest BCUT2D eigenvalue weighted by molar-refractivity contribution is -0.384. The highest BCUT2D eigenvalue weighted by atomic mass is 32.1. The molecule has 0 spiro atoms. The zero-order valence-electron chi connectivity index (χ0n) is 15.1. The van der Waals surface area contributed by atoms with Crippen LogP contribution < -0.4 is 4.90 Å². The van der Waals surface area contributed by atoms with Crippen LogP contribution in [0.25, 0.3) is 5.76 Å². The molecule has 0 aliphatic carbocycles. The van der Waals surface area contributed by atoms with E-state index in [-0.39, 0.29) is 27.5 Å². The fraction of sp³-hybridized carbons (Fsp3) is 0.0500. The van der Waals surface area contributed by atoms with Gasteiger partial charge in [-0.2, -0.15) is 0 Å². The predicted molar refractivity (Wildman–Crippen MR) is 106 cm³/mol. The Bertz CT molecular complexity index is 1190. The first kappa shape index (κ1) is 19.4. The van der Waals surface area contributed by atoms with Gasteiger partial charge in [0.25, 0.3) is 11.5 Å². The number of amides is 1. The fourth-order valence-electron chi connectivity index (χ4n) is 3.25. The largest absolute Gasteiger partial charge is 0.507 e. The van der Waals surface area contributed by atoms with E-state index in [1.54, 1.807) is 5.38 Å². The van der Waals surface area contributed by atoms with Gasteiger partial charge in [0, 0.05) is 29.3 Å². The van der Waals surface area contributed by atoms with E-state index in [4.69, 9.17) is 0 Å². The minimum absolute atomic E-state index is 0.129. The van der Waals surface area contributed by atoms with E-state index in [2.05, 4.69) is 4.98 Å². The maximum absolute atomic E-state index is 13.3. The van der Waals surface area contributed by atoms with E-state index in [1.807, 2.05) is 0 Å². The number of aliphatic hydroxyl groups excluding tert-OH is 1. The molecular weight excluding hydrogens is 413 g/mol. The Morgan fingerprint density at radius 1 is 1.20 bits per heavy atom. The first-order valence-corrected chi connectivity index (χ1v) is 9.47. The van der Waals surface area contributed by atoms with Crippen LogP contribution in [0.3, 0.4) is 0 Å². The number of hydrogen-bond donors (Lipinski definition) is 1. The van der Waals surface area contributed by atoms with Gasteiger partial charge in [-0.3, -0.25) is 24.6 Å². The van der Waals surface area contributed by atoms with Gasteiger partial charge < -0.3 is 5.11 Å². The molecule has 1 aliphatic heterocycles. The number of Topliss-reactive ketones (excluding diaryl/α,β-unsaturated/α-hetero) is 1. The smallest absolute Gasteiger partial charge is 0.301 e. The van der Waals surface area contributed by atoms with Gasteiger partial charge in [0.1, 0.15) is 11.6 Å². The van der Waals surface area contributed by atoms with E-state index >= 15 is 0 Å². The number of benzene rings is 2. The zero-order chi connectivity index (χ0) is 21.4. The van der Waals surface area contributed by atoms with Crippen molar-refractivity contribution in [1.29, 1.82) is 0 Å². The molecule has 2 aromatic carbocycles. The normalized spacial score (nSPS) is 18.0. The summed E-state index contributed by atoms with van der Waals surface area (Å²) in [6.45, 7) is 0. The minimum Gasteiger partial charge on any atom is -0.507 e. The second-order valence-corrected chi connectivity index (χ2v) is 7.22. The molecule has 1 amide bonds. The molecule has 1 fully saturated rings. The Hall–Kier alpha value is -3.92. The fourth-order valence-corrected chi connectivity index (χ4v) is 3.92. The third-order valence-corrected chi connectivity index (χ3v) is 5.35. The number of aromatic nitrogens is 1. The van der Waals surface area contributed by atoms with Crippen LogP contribution in [0.1, 0.15) is 17.2 Å². The molecule has 0 saturated carbocycles. The number of carbonyl (C=O) groups is 2. The number of ketones is 1. The maximum atomic E-state index is 13.3. The molecule has 1 saturated heterocycles. The van der Waals surface area contributed by atoms with Gasteiger partial charge >= 0.3 is 5.91 Å². The highest BCUT2D eigenvalue weighted by Crippen LogP contribution is 2.43.